The molecular formula is C13H20BrNO2. The minimum atomic E-state index is -0.471. The highest BCUT2D eigenvalue weighted by atomic mass is 79.9. The van der Waals surface area contributed by atoms with Gasteiger partial charge in [-0.25, -0.2) is 0 Å². The topological polar surface area (TPSA) is 43.7 Å². The lowest BCUT2D eigenvalue weighted by molar-refractivity contribution is 0.187. The van der Waals surface area contributed by atoms with E-state index < -0.39 is 6.10 Å². The molecule has 0 spiro atoms. The van der Waals surface area contributed by atoms with Crippen LogP contribution in [-0.2, 0) is 0 Å². The van der Waals surface area contributed by atoms with E-state index >= 15 is 0 Å². The van der Waals surface area contributed by atoms with Crippen LogP contribution >= 0.6 is 15.9 Å². The zero-order valence-electron chi connectivity index (χ0n) is 10.5. The standard InChI is InChI=1S/C13H20BrNO2/c1-9(16)6-7-15(3)11-4-5-12(10(2)17)13(14)8-11/h4-5,8-10,16-17H,6-7H2,1-3H3/t9?,10-/m1/s1. The van der Waals surface area contributed by atoms with Gasteiger partial charge < -0.3 is 15.1 Å². The van der Waals surface area contributed by atoms with Gasteiger partial charge in [-0.1, -0.05) is 22.0 Å². The molecule has 2 atom stereocenters. The second kappa shape index (κ2) is 6.38. The quantitative estimate of drug-likeness (QED) is 0.879. The predicted molar refractivity (Wildman–Crippen MR) is 74.3 cm³/mol. The molecule has 0 heterocycles. The third kappa shape index (κ3) is 4.30. The van der Waals surface area contributed by atoms with Gasteiger partial charge in [0.1, 0.15) is 0 Å². The van der Waals surface area contributed by atoms with Crippen LogP contribution in [-0.4, -0.2) is 29.9 Å². The van der Waals surface area contributed by atoms with E-state index in [0.29, 0.717) is 0 Å². The van der Waals surface area contributed by atoms with Crippen LogP contribution in [0.3, 0.4) is 0 Å². The fourth-order valence-electron chi connectivity index (χ4n) is 1.60. The Balaban J connectivity index is 2.75. The van der Waals surface area contributed by atoms with Crippen molar-refractivity contribution in [2.24, 2.45) is 0 Å². The van der Waals surface area contributed by atoms with Crippen LogP contribution in [0.25, 0.3) is 0 Å². The normalized spacial score (nSPS) is 14.5. The van der Waals surface area contributed by atoms with Gasteiger partial charge in [0, 0.05) is 23.8 Å². The van der Waals surface area contributed by atoms with Crippen molar-refractivity contribution in [2.75, 3.05) is 18.5 Å². The molecule has 0 amide bonds. The zero-order chi connectivity index (χ0) is 13.0. The summed E-state index contributed by atoms with van der Waals surface area (Å²) in [5.41, 5.74) is 1.96. The highest BCUT2D eigenvalue weighted by Crippen LogP contribution is 2.27. The van der Waals surface area contributed by atoms with Crippen molar-refractivity contribution in [3.05, 3.63) is 28.2 Å². The number of anilines is 1. The molecule has 0 saturated carbocycles. The summed E-state index contributed by atoms with van der Waals surface area (Å²) in [6.45, 7) is 4.34. The van der Waals surface area contributed by atoms with Crippen LogP contribution in [0.2, 0.25) is 0 Å². The van der Waals surface area contributed by atoms with Crippen molar-refractivity contribution in [2.45, 2.75) is 32.5 Å². The van der Waals surface area contributed by atoms with Gasteiger partial charge in [0.05, 0.1) is 12.2 Å². The number of aliphatic hydroxyl groups excluding tert-OH is 2. The third-order valence-electron chi connectivity index (χ3n) is 2.76. The van der Waals surface area contributed by atoms with Gasteiger partial charge in [-0.15, -0.1) is 0 Å². The van der Waals surface area contributed by atoms with Gasteiger partial charge in [0.2, 0.25) is 0 Å². The highest BCUT2D eigenvalue weighted by Gasteiger charge is 2.09. The molecule has 1 unspecified atom stereocenters. The summed E-state index contributed by atoms with van der Waals surface area (Å²) in [6, 6.07) is 5.89. The third-order valence-corrected chi connectivity index (χ3v) is 3.44. The van der Waals surface area contributed by atoms with Gasteiger partial charge in [0.25, 0.3) is 0 Å². The largest absolute Gasteiger partial charge is 0.393 e. The van der Waals surface area contributed by atoms with Gasteiger partial charge in [-0.05, 0) is 38.0 Å². The number of nitrogens with zero attached hydrogens (tertiary/aromatic N) is 1. The Labute approximate surface area is 111 Å². The molecule has 0 aliphatic rings. The number of aliphatic hydroxyl groups is 2. The first-order chi connectivity index (χ1) is 7.91. The summed E-state index contributed by atoms with van der Waals surface area (Å²) < 4.78 is 0.911. The molecule has 0 aliphatic carbocycles. The van der Waals surface area contributed by atoms with Crippen LogP contribution in [0, 0.1) is 0 Å². The zero-order valence-corrected chi connectivity index (χ0v) is 12.1. The molecule has 0 aliphatic heterocycles. The number of halogens is 1. The van der Waals surface area contributed by atoms with Crippen molar-refractivity contribution in [3.8, 4) is 0 Å². The van der Waals surface area contributed by atoms with E-state index in [-0.39, 0.29) is 6.10 Å². The van der Waals surface area contributed by atoms with E-state index in [1.807, 2.05) is 25.2 Å². The summed E-state index contributed by atoms with van der Waals surface area (Å²) in [4.78, 5) is 2.09. The molecule has 2 N–H and O–H groups in total. The van der Waals surface area contributed by atoms with Gasteiger partial charge >= 0.3 is 0 Å². The summed E-state index contributed by atoms with van der Waals surface area (Å²) >= 11 is 3.46. The molecule has 0 radical (unpaired) electrons. The minimum absolute atomic E-state index is 0.280. The first-order valence-corrected chi connectivity index (χ1v) is 6.58. The minimum Gasteiger partial charge on any atom is -0.393 e. The molecule has 0 bridgehead atoms. The van der Waals surface area contributed by atoms with E-state index in [1.165, 1.54) is 0 Å². The Hall–Kier alpha value is -0.580. The second-order valence-corrected chi connectivity index (χ2v) is 5.30. The Kier molecular flexibility index (Phi) is 5.43. The Morgan fingerprint density at radius 2 is 1.94 bits per heavy atom. The van der Waals surface area contributed by atoms with Crippen LogP contribution in [0.5, 0.6) is 0 Å². The maximum Gasteiger partial charge on any atom is 0.0772 e. The summed E-state index contributed by atoms with van der Waals surface area (Å²) in [5, 5.41) is 18.8. The molecule has 17 heavy (non-hydrogen) atoms. The van der Waals surface area contributed by atoms with Crippen LogP contribution < -0.4 is 4.90 Å². The number of hydrogen-bond donors (Lipinski definition) is 2. The summed E-state index contributed by atoms with van der Waals surface area (Å²) in [6.07, 6.45) is -0.00876. The molecule has 0 saturated heterocycles. The number of benzene rings is 1. The Morgan fingerprint density at radius 3 is 2.41 bits per heavy atom. The molecule has 3 nitrogen and oxygen atoms in total. The molecule has 4 heteroatoms. The van der Waals surface area contributed by atoms with E-state index in [0.717, 1.165) is 28.7 Å². The highest BCUT2D eigenvalue weighted by molar-refractivity contribution is 9.10. The fraction of sp³-hybridized carbons (Fsp3) is 0.538. The number of hydrogen-bond acceptors (Lipinski definition) is 3. The molecule has 96 valence electrons. The van der Waals surface area contributed by atoms with Gasteiger partial charge in [-0.2, -0.15) is 0 Å². The maximum absolute atomic E-state index is 9.53. The molecule has 0 aromatic heterocycles. The lowest BCUT2D eigenvalue weighted by atomic mass is 10.1. The fourth-order valence-corrected chi connectivity index (χ4v) is 2.30. The monoisotopic (exact) mass is 301 g/mol. The van der Waals surface area contributed by atoms with E-state index in [9.17, 15) is 10.2 Å². The van der Waals surface area contributed by atoms with E-state index in [2.05, 4.69) is 20.8 Å². The van der Waals surface area contributed by atoms with Crippen molar-refractivity contribution in [1.29, 1.82) is 0 Å². The van der Waals surface area contributed by atoms with Crippen LogP contribution in [0.4, 0.5) is 5.69 Å². The lowest BCUT2D eigenvalue weighted by Gasteiger charge is -2.21. The van der Waals surface area contributed by atoms with E-state index in [1.54, 1.807) is 13.8 Å². The molecule has 0 fully saturated rings. The SMILES string of the molecule is CC(O)CCN(C)c1ccc([C@@H](C)O)c(Br)c1. The van der Waals surface area contributed by atoms with Crippen molar-refractivity contribution >= 4 is 21.6 Å². The van der Waals surface area contributed by atoms with Gasteiger partial charge in [0.15, 0.2) is 0 Å². The van der Waals surface area contributed by atoms with Crippen molar-refractivity contribution in [3.63, 3.8) is 0 Å². The molecule has 1 aromatic carbocycles. The second-order valence-electron chi connectivity index (χ2n) is 4.44. The lowest BCUT2D eigenvalue weighted by Crippen LogP contribution is -2.21. The van der Waals surface area contributed by atoms with Crippen molar-refractivity contribution in [1.82, 2.24) is 0 Å². The molecule has 1 aromatic rings. The van der Waals surface area contributed by atoms with Crippen LogP contribution in [0.1, 0.15) is 31.9 Å². The Bertz CT molecular complexity index is 366. The maximum atomic E-state index is 9.53. The summed E-state index contributed by atoms with van der Waals surface area (Å²) in [7, 11) is 1.99. The Morgan fingerprint density at radius 1 is 1.29 bits per heavy atom. The summed E-state index contributed by atoms with van der Waals surface area (Å²) in [5.74, 6) is 0. The number of rotatable bonds is 5. The smallest absolute Gasteiger partial charge is 0.0772 e. The average Bonchev–Trinajstić information content (AvgIpc) is 2.25. The molecule has 1 rings (SSSR count). The van der Waals surface area contributed by atoms with Crippen LogP contribution in [0.15, 0.2) is 22.7 Å². The average molecular weight is 302 g/mol. The van der Waals surface area contributed by atoms with E-state index in [4.69, 9.17) is 0 Å². The molecular weight excluding hydrogens is 282 g/mol. The van der Waals surface area contributed by atoms with Gasteiger partial charge in [-0.3, -0.25) is 0 Å². The predicted octanol–water partition coefficient (Wildman–Crippen LogP) is 2.71. The first kappa shape index (κ1) is 14.5. The van der Waals surface area contributed by atoms with Crippen molar-refractivity contribution < 1.29 is 10.2 Å². The first-order valence-electron chi connectivity index (χ1n) is 5.78.